The molecule has 11 rings (SSSR count). The lowest BCUT2D eigenvalue weighted by Crippen LogP contribution is -2.64. The molecule has 1 saturated carbocycles. The highest BCUT2D eigenvalue weighted by Gasteiger charge is 2.56. The number of aliphatic hydroxyl groups excluding tert-OH is 1. The van der Waals surface area contributed by atoms with E-state index in [1.54, 1.807) is 40.3 Å². The molecule has 454 valence electrons. The van der Waals surface area contributed by atoms with E-state index < -0.39 is 107 Å². The van der Waals surface area contributed by atoms with Crippen LogP contribution in [0, 0.1) is 40.9 Å². The van der Waals surface area contributed by atoms with Gasteiger partial charge >= 0.3 is 11.9 Å². The van der Waals surface area contributed by atoms with Crippen LogP contribution in [-0.4, -0.2) is 150 Å². The lowest BCUT2D eigenvalue weighted by molar-refractivity contribution is -0.245. The number of allylic oxidation sites excluding steroid dienone is 1. The number of Topliss-reactive ketones (excluding diaryl/α,β-unsaturated/α-hetero) is 3. The second kappa shape index (κ2) is 27.7. The zero-order valence-corrected chi connectivity index (χ0v) is 50.2. The number of nitrogens with zero attached hydrogens (tertiary/aromatic N) is 3. The monoisotopic (exact) mass is 1150 g/mol. The molecule has 0 spiro atoms. The number of carbonyl (C=O) groups excluding carboxylic acids is 6. The number of pyridine rings is 1. The third-order valence-electron chi connectivity index (χ3n) is 18.6. The standard InChI is InChI=1S/C65H89N3O15/c1-38-30-41(4)57(70)59(79-10)58(71)42(5)31-39(2)51(69)36-54-49(33-43-23-26-52(55(34-43)78-9)81-63(75)64(6,7)37-44-18-14-15-28-66-44)48-22-17-29-67(56(48)62(74)80-54)61(73)60(72)65(76)27-16-21-46(82-65)35-53(77-8)40(3)32-47-24-25-50(38)68(83-47)45-19-12-11-13-20-45/h11-15,18-20,24-25,28,31-32,38-39,41,43,46-50,52-56,58-59,71,76H,16-17,21-23,26-27,29-30,33-37H2,1-10H3/b40-32?,42-31+/t38-,39+,41+,43-,46-,47?,48?,49-,50?,52+,53-,54-,55+,56-,58+,59-,65+/m0/s1. The summed E-state index contributed by atoms with van der Waals surface area (Å²) in [5.41, 5.74) is 1.88. The van der Waals surface area contributed by atoms with Crippen molar-refractivity contribution in [1.82, 2.24) is 9.88 Å². The zero-order chi connectivity index (χ0) is 59.9. The Hall–Kier alpha value is -5.47. The quantitative estimate of drug-likeness (QED) is 0.130. The Morgan fingerprint density at radius 3 is 2.29 bits per heavy atom. The van der Waals surface area contributed by atoms with E-state index >= 15 is 0 Å². The fourth-order valence-corrected chi connectivity index (χ4v) is 13.8. The van der Waals surface area contributed by atoms with Crippen molar-refractivity contribution in [2.24, 2.45) is 40.9 Å². The van der Waals surface area contributed by atoms with Crippen molar-refractivity contribution >= 4 is 40.9 Å². The van der Waals surface area contributed by atoms with E-state index in [4.69, 9.17) is 33.3 Å². The van der Waals surface area contributed by atoms with Gasteiger partial charge in [-0.2, -0.15) is 0 Å². The summed E-state index contributed by atoms with van der Waals surface area (Å²) in [6.45, 7) is 12.9. The van der Waals surface area contributed by atoms with Gasteiger partial charge in [-0.25, -0.2) is 9.86 Å². The van der Waals surface area contributed by atoms with Gasteiger partial charge in [-0.15, -0.1) is 0 Å². The number of esters is 2. The molecule has 1 aliphatic carbocycles. The number of amides is 1. The van der Waals surface area contributed by atoms with Crippen molar-refractivity contribution in [3.8, 4) is 0 Å². The fraction of sp³-hybridized carbons (Fsp3) is 0.646. The van der Waals surface area contributed by atoms with Crippen molar-refractivity contribution in [3.05, 3.63) is 95.9 Å². The summed E-state index contributed by atoms with van der Waals surface area (Å²) in [6.07, 6.45) is 7.61. The summed E-state index contributed by atoms with van der Waals surface area (Å²) < 4.78 is 36.6. The van der Waals surface area contributed by atoms with E-state index in [-0.39, 0.29) is 61.2 Å². The van der Waals surface area contributed by atoms with Crippen LogP contribution in [0.5, 0.6) is 0 Å². The summed E-state index contributed by atoms with van der Waals surface area (Å²) in [6, 6.07) is 13.8. The molecule has 2 N–H and O–H groups in total. The topological polar surface area (TPSA) is 227 Å². The van der Waals surface area contributed by atoms with E-state index in [0.29, 0.717) is 69.8 Å². The van der Waals surface area contributed by atoms with Gasteiger partial charge < -0.3 is 43.5 Å². The van der Waals surface area contributed by atoms with Gasteiger partial charge in [-0.05, 0) is 145 Å². The molecule has 9 aliphatic rings. The van der Waals surface area contributed by atoms with Crippen LogP contribution in [-0.2, 0) is 68.4 Å². The Labute approximate surface area is 489 Å². The molecule has 9 heterocycles. The van der Waals surface area contributed by atoms with Crippen molar-refractivity contribution in [3.63, 3.8) is 0 Å². The number of ketones is 3. The van der Waals surface area contributed by atoms with Crippen LogP contribution in [0.15, 0.2) is 90.2 Å². The van der Waals surface area contributed by atoms with Gasteiger partial charge in [-0.1, -0.05) is 63.3 Å². The maximum absolute atomic E-state index is 14.7. The van der Waals surface area contributed by atoms with E-state index in [2.05, 4.69) is 11.1 Å². The predicted octanol–water partition coefficient (Wildman–Crippen LogP) is 8.00. The molecule has 17 atom stereocenters. The highest BCUT2D eigenvalue weighted by Crippen LogP contribution is 2.46. The van der Waals surface area contributed by atoms with Crippen molar-refractivity contribution < 1.29 is 72.2 Å². The lowest BCUT2D eigenvalue weighted by atomic mass is 9.68. The molecule has 18 heteroatoms. The van der Waals surface area contributed by atoms with Crippen LogP contribution in [0.3, 0.4) is 0 Å². The maximum Gasteiger partial charge on any atom is 0.329 e. The Morgan fingerprint density at radius 1 is 0.843 bits per heavy atom. The lowest BCUT2D eigenvalue weighted by Gasteiger charge is -2.50. The number of anilines is 1. The molecule has 3 saturated heterocycles. The molecule has 18 nitrogen and oxygen atoms in total. The number of para-hydroxylation sites is 1. The van der Waals surface area contributed by atoms with Crippen LogP contribution in [0.2, 0.25) is 0 Å². The molecular weight excluding hydrogens is 1060 g/mol. The van der Waals surface area contributed by atoms with Crippen LogP contribution < -0.4 is 5.06 Å². The van der Waals surface area contributed by atoms with Crippen LogP contribution in [0.4, 0.5) is 5.69 Å². The number of hydrogen-bond donors (Lipinski definition) is 2. The summed E-state index contributed by atoms with van der Waals surface area (Å²) in [7, 11) is 4.55. The van der Waals surface area contributed by atoms with Crippen LogP contribution in [0.1, 0.15) is 131 Å². The number of aromatic nitrogens is 1. The Bertz CT molecular complexity index is 2700. The first kappa shape index (κ1) is 63.5. The predicted molar refractivity (Wildman–Crippen MR) is 308 cm³/mol. The number of carbonyl (C=O) groups is 6. The number of hydrogen-bond acceptors (Lipinski definition) is 17. The van der Waals surface area contributed by atoms with Gasteiger partial charge in [0.25, 0.3) is 11.7 Å². The van der Waals surface area contributed by atoms with Gasteiger partial charge in [-0.3, -0.25) is 33.8 Å². The highest BCUT2D eigenvalue weighted by molar-refractivity contribution is 6.39. The minimum Gasteiger partial charge on any atom is -0.460 e. The molecule has 1 amide bonds. The number of benzene rings is 1. The first-order chi connectivity index (χ1) is 39.6. The third kappa shape index (κ3) is 14.8. The molecule has 8 bridgehead atoms. The van der Waals surface area contributed by atoms with Gasteiger partial charge in [0.15, 0.2) is 5.78 Å². The molecule has 0 radical (unpaired) electrons. The molecular formula is C65H89N3O15. The van der Waals surface area contributed by atoms with E-state index in [1.807, 2.05) is 100 Å². The van der Waals surface area contributed by atoms with Crippen molar-refractivity contribution in [1.29, 1.82) is 0 Å². The number of ether oxygens (including phenoxy) is 6. The average molecular weight is 1150 g/mol. The SMILES string of the molecule is CO[C@H]1C[C@@H]2CCC[C@@](O)(O2)C(=O)C(=O)N2CCCC3[C@H]2C(=O)O[C@@H](CC(=O)[C@H](C)/C=C(\C)[C@@H](O)[C@@H](OC)C(=O)[C@H](C)C[C@H](C)C2C=CC(C=C1C)ON2c1ccccc1)[C@H]3C[C@@H]1CC[C@@H](OC(=O)C(C)(C)Cc2ccccn2)[C@H](OC)C1. The molecule has 1 aromatic carbocycles. The minimum atomic E-state index is -2.47. The summed E-state index contributed by atoms with van der Waals surface area (Å²) in [4.78, 5) is 98.9. The molecule has 2 aromatic rings. The highest BCUT2D eigenvalue weighted by atomic mass is 16.7. The summed E-state index contributed by atoms with van der Waals surface area (Å²) >= 11 is 0. The average Bonchev–Trinajstić information content (AvgIpc) is 2.56. The van der Waals surface area contributed by atoms with Crippen LogP contribution >= 0.6 is 0 Å². The molecule has 4 fully saturated rings. The first-order valence-electron chi connectivity index (χ1n) is 30.0. The Balaban J connectivity index is 1.08. The number of methoxy groups -OCH3 is 3. The number of aliphatic hydroxyl groups is 2. The van der Waals surface area contributed by atoms with E-state index in [9.17, 15) is 39.0 Å². The van der Waals surface area contributed by atoms with Gasteiger partial charge in [0, 0.05) is 83.2 Å². The second-order valence-electron chi connectivity index (χ2n) is 25.1. The summed E-state index contributed by atoms with van der Waals surface area (Å²) in [5, 5.41) is 25.8. The molecule has 1 aromatic heterocycles. The zero-order valence-electron chi connectivity index (χ0n) is 50.2. The molecule has 8 aliphatic heterocycles. The second-order valence-corrected chi connectivity index (χ2v) is 25.1. The Morgan fingerprint density at radius 2 is 1.59 bits per heavy atom. The number of rotatable bonds is 10. The van der Waals surface area contributed by atoms with Crippen molar-refractivity contribution in [2.45, 2.75) is 199 Å². The molecule has 3 unspecified atom stereocenters. The largest absolute Gasteiger partial charge is 0.460 e. The van der Waals surface area contributed by atoms with Crippen molar-refractivity contribution in [2.75, 3.05) is 32.9 Å². The van der Waals surface area contributed by atoms with E-state index in [0.717, 1.165) is 17.0 Å². The van der Waals surface area contributed by atoms with Gasteiger partial charge in [0.05, 0.1) is 35.5 Å². The third-order valence-corrected chi connectivity index (χ3v) is 18.6. The maximum atomic E-state index is 14.7. The van der Waals surface area contributed by atoms with Gasteiger partial charge in [0.1, 0.15) is 42.3 Å². The normalized spacial score (nSPS) is 36.3. The number of piperidine rings is 1. The fourth-order valence-electron chi connectivity index (χ4n) is 13.8. The van der Waals surface area contributed by atoms with E-state index in [1.165, 1.54) is 12.0 Å². The minimum absolute atomic E-state index is 0.0457. The first-order valence-corrected chi connectivity index (χ1v) is 30.0. The smallest absolute Gasteiger partial charge is 0.329 e. The molecule has 83 heavy (non-hydrogen) atoms. The van der Waals surface area contributed by atoms with Gasteiger partial charge in [0.2, 0.25) is 5.79 Å². The van der Waals surface area contributed by atoms with Crippen LogP contribution in [0.25, 0.3) is 0 Å². The Kier molecular flexibility index (Phi) is 21.2. The summed E-state index contributed by atoms with van der Waals surface area (Å²) in [5.74, 6) is -8.89. The number of hydroxylamine groups is 1.